The number of nitrogens with one attached hydrogen (secondary N) is 1. The second kappa shape index (κ2) is 2.75. The topological polar surface area (TPSA) is 52.5 Å². The molecule has 0 atom stereocenters. The Morgan fingerprint density at radius 2 is 2.33 bits per heavy atom. The summed E-state index contributed by atoms with van der Waals surface area (Å²) in [5, 5.41) is 9.68. The van der Waals surface area contributed by atoms with Crippen LogP contribution < -0.4 is 0 Å². The normalized spacial score (nSPS) is 10.0. The first kappa shape index (κ1) is 7.55. The molecule has 58 valence electrons. The number of nitriles is 1. The lowest BCUT2D eigenvalue weighted by Gasteiger charge is -1.88. The van der Waals surface area contributed by atoms with Gasteiger partial charge in [0.2, 0.25) is 0 Å². The van der Waals surface area contributed by atoms with E-state index in [0.29, 0.717) is 5.56 Å². The van der Waals surface area contributed by atoms with Gasteiger partial charge in [0.25, 0.3) is 0 Å². The van der Waals surface area contributed by atoms with Crippen molar-refractivity contribution in [3.05, 3.63) is 27.7 Å². The number of pyridine rings is 1. The van der Waals surface area contributed by atoms with E-state index in [9.17, 15) is 0 Å². The molecule has 2 heterocycles. The lowest BCUT2D eigenvalue weighted by molar-refractivity contribution is 1.31. The lowest BCUT2D eigenvalue weighted by Crippen LogP contribution is -1.78. The smallest absolute Gasteiger partial charge is 0.101 e. The van der Waals surface area contributed by atoms with Gasteiger partial charge in [0, 0.05) is 11.6 Å². The number of rotatable bonds is 0. The van der Waals surface area contributed by atoms with Crippen molar-refractivity contribution in [2.75, 3.05) is 0 Å². The molecule has 0 aliphatic rings. The molecule has 0 aliphatic heterocycles. The maximum atomic E-state index is 8.74. The Kier molecular flexibility index (Phi) is 1.73. The van der Waals surface area contributed by atoms with E-state index in [2.05, 4.69) is 38.6 Å². The summed E-state index contributed by atoms with van der Waals surface area (Å²) in [6, 6.07) is 4.04. The van der Waals surface area contributed by atoms with Gasteiger partial charge in [-0.05, 0) is 28.7 Å². The molecule has 4 heteroatoms. The summed E-state index contributed by atoms with van der Waals surface area (Å²) in [6.45, 7) is 0. The van der Waals surface area contributed by atoms with Gasteiger partial charge in [-0.15, -0.1) is 0 Å². The van der Waals surface area contributed by atoms with E-state index in [0.717, 1.165) is 14.6 Å². The largest absolute Gasteiger partial charge is 0.349 e. The van der Waals surface area contributed by atoms with Crippen LogP contribution in [0.15, 0.2) is 18.5 Å². The minimum absolute atomic E-state index is 0.617. The molecule has 3 nitrogen and oxygen atoms in total. The predicted molar refractivity (Wildman–Crippen MR) is 53.5 cm³/mol. The van der Waals surface area contributed by atoms with E-state index in [4.69, 9.17) is 5.26 Å². The molecule has 0 aromatic carbocycles. The van der Waals surface area contributed by atoms with E-state index in [-0.39, 0.29) is 0 Å². The maximum Gasteiger partial charge on any atom is 0.101 e. The van der Waals surface area contributed by atoms with Gasteiger partial charge in [-0.25, -0.2) is 0 Å². The van der Waals surface area contributed by atoms with Crippen LogP contribution in [0.2, 0.25) is 0 Å². The van der Waals surface area contributed by atoms with Gasteiger partial charge >= 0.3 is 0 Å². The summed E-state index contributed by atoms with van der Waals surface area (Å²) < 4.78 is 1.02. The number of aromatic nitrogens is 2. The average molecular weight is 269 g/mol. The molecule has 0 saturated heterocycles. The van der Waals surface area contributed by atoms with Crippen LogP contribution in [-0.4, -0.2) is 9.97 Å². The number of aromatic amines is 1. The van der Waals surface area contributed by atoms with Crippen molar-refractivity contribution >= 4 is 33.5 Å². The van der Waals surface area contributed by atoms with Crippen LogP contribution >= 0.6 is 22.6 Å². The minimum Gasteiger partial charge on any atom is -0.349 e. The van der Waals surface area contributed by atoms with Crippen LogP contribution in [0.5, 0.6) is 0 Å². The third-order valence-electron chi connectivity index (χ3n) is 1.63. The first-order valence-electron chi connectivity index (χ1n) is 3.33. The minimum atomic E-state index is 0.617. The Labute approximate surface area is 82.6 Å². The molecule has 2 aromatic heterocycles. The number of nitrogens with zero attached hydrogens (tertiary/aromatic N) is 2. The Morgan fingerprint density at radius 3 is 3.08 bits per heavy atom. The third kappa shape index (κ3) is 1.06. The highest BCUT2D eigenvalue weighted by Crippen LogP contribution is 2.18. The van der Waals surface area contributed by atoms with E-state index >= 15 is 0 Å². The second-order valence-corrected chi connectivity index (χ2v) is 3.54. The van der Waals surface area contributed by atoms with Gasteiger partial charge in [-0.3, -0.25) is 4.98 Å². The van der Waals surface area contributed by atoms with Crippen molar-refractivity contribution in [3.8, 4) is 6.07 Å². The Hall–Kier alpha value is -1.09. The van der Waals surface area contributed by atoms with Crippen molar-refractivity contribution in [2.45, 2.75) is 0 Å². The first-order chi connectivity index (χ1) is 5.81. The molecule has 0 unspecified atom stereocenters. The van der Waals surface area contributed by atoms with Gasteiger partial charge in [0.05, 0.1) is 21.0 Å². The molecule has 12 heavy (non-hydrogen) atoms. The molecule has 0 amide bonds. The molecule has 1 N–H and O–H groups in total. The van der Waals surface area contributed by atoms with Crippen molar-refractivity contribution < 1.29 is 0 Å². The van der Waals surface area contributed by atoms with Crippen LogP contribution in [-0.2, 0) is 0 Å². The molecular weight excluding hydrogens is 265 g/mol. The van der Waals surface area contributed by atoms with E-state index < -0.39 is 0 Å². The molecule has 0 saturated carbocycles. The third-order valence-corrected chi connectivity index (χ3v) is 2.21. The van der Waals surface area contributed by atoms with Gasteiger partial charge < -0.3 is 4.98 Å². The summed E-state index contributed by atoms with van der Waals surface area (Å²) in [5.74, 6) is 0. The highest BCUT2D eigenvalue weighted by Gasteiger charge is 2.02. The van der Waals surface area contributed by atoms with Gasteiger partial charge in [-0.1, -0.05) is 0 Å². The van der Waals surface area contributed by atoms with E-state index in [1.54, 1.807) is 12.4 Å². The SMILES string of the molecule is N#Cc1cncc2[nH]c(I)cc12. The first-order valence-corrected chi connectivity index (χ1v) is 4.41. The van der Waals surface area contributed by atoms with Gasteiger partial charge in [-0.2, -0.15) is 5.26 Å². The number of hydrogen-bond donors (Lipinski definition) is 1. The summed E-state index contributed by atoms with van der Waals surface area (Å²) >= 11 is 2.17. The average Bonchev–Trinajstić information content (AvgIpc) is 2.44. The van der Waals surface area contributed by atoms with Crippen LogP contribution in [0.3, 0.4) is 0 Å². The zero-order chi connectivity index (χ0) is 8.55. The number of H-pyrrole nitrogens is 1. The molecule has 0 fully saturated rings. The summed E-state index contributed by atoms with van der Waals surface area (Å²) in [5.41, 5.74) is 1.53. The maximum absolute atomic E-state index is 8.74. The molecule has 2 aromatic rings. The highest BCUT2D eigenvalue weighted by atomic mass is 127. The van der Waals surface area contributed by atoms with Crippen LogP contribution in [0.1, 0.15) is 5.56 Å². The quantitative estimate of drug-likeness (QED) is 0.744. The zero-order valence-electron chi connectivity index (χ0n) is 6.00. The number of fused-ring (bicyclic) bond motifs is 1. The molecule has 2 rings (SSSR count). The Bertz CT molecular complexity index is 467. The molecule has 0 aliphatic carbocycles. The van der Waals surface area contributed by atoms with Crippen molar-refractivity contribution in [2.24, 2.45) is 0 Å². The summed E-state index contributed by atoms with van der Waals surface area (Å²) in [6.07, 6.45) is 3.30. The van der Waals surface area contributed by atoms with Crippen LogP contribution in [0.4, 0.5) is 0 Å². The van der Waals surface area contributed by atoms with Crippen molar-refractivity contribution in [3.63, 3.8) is 0 Å². The fraction of sp³-hybridized carbons (Fsp3) is 0. The molecule has 0 spiro atoms. The monoisotopic (exact) mass is 269 g/mol. The van der Waals surface area contributed by atoms with Crippen LogP contribution in [0.25, 0.3) is 10.9 Å². The standard InChI is InChI=1S/C8H4IN3/c9-8-1-6-5(2-10)3-11-4-7(6)12-8/h1,3-4,12H. The lowest BCUT2D eigenvalue weighted by atomic mass is 10.2. The highest BCUT2D eigenvalue weighted by molar-refractivity contribution is 14.1. The molecule has 0 radical (unpaired) electrons. The number of hydrogen-bond acceptors (Lipinski definition) is 2. The predicted octanol–water partition coefficient (Wildman–Crippen LogP) is 2.04. The molecule has 0 bridgehead atoms. The fourth-order valence-electron chi connectivity index (χ4n) is 1.11. The summed E-state index contributed by atoms with van der Waals surface area (Å²) in [7, 11) is 0. The van der Waals surface area contributed by atoms with E-state index in [1.807, 2.05) is 6.07 Å². The Balaban J connectivity index is 2.89. The van der Waals surface area contributed by atoms with Crippen molar-refractivity contribution in [1.82, 2.24) is 9.97 Å². The fourth-order valence-corrected chi connectivity index (χ4v) is 1.71. The second-order valence-electron chi connectivity index (χ2n) is 2.38. The molecular formula is C8H4IN3. The van der Waals surface area contributed by atoms with E-state index in [1.165, 1.54) is 0 Å². The number of halogens is 1. The van der Waals surface area contributed by atoms with Crippen LogP contribution in [0, 0.1) is 15.0 Å². The Morgan fingerprint density at radius 1 is 1.50 bits per heavy atom. The van der Waals surface area contributed by atoms with Crippen molar-refractivity contribution in [1.29, 1.82) is 5.26 Å². The zero-order valence-corrected chi connectivity index (χ0v) is 8.16. The van der Waals surface area contributed by atoms with Gasteiger partial charge in [0.15, 0.2) is 0 Å². The summed E-state index contributed by atoms with van der Waals surface area (Å²) in [4.78, 5) is 7.05. The van der Waals surface area contributed by atoms with Gasteiger partial charge in [0.1, 0.15) is 6.07 Å².